The van der Waals surface area contributed by atoms with Crippen LogP contribution in [0.2, 0.25) is 0 Å². The Balaban J connectivity index is 2.66. The molecule has 25 heavy (non-hydrogen) atoms. The summed E-state index contributed by atoms with van der Waals surface area (Å²) in [5.41, 5.74) is 0. The number of unbranched alkanes of at least 4 members (excludes halogenated alkanes) is 4. The zero-order valence-electron chi connectivity index (χ0n) is 16.5. The Morgan fingerprint density at radius 1 is 1.16 bits per heavy atom. The van der Waals surface area contributed by atoms with Gasteiger partial charge in [0, 0.05) is 27.9 Å². The topological polar surface area (TPSA) is 72.8 Å². The molecule has 0 spiro atoms. The SMILES string of the molecule is CCCCCCCC1([C@H](O)[C@@H](C)C(=O)C[S@@](=O)C(C)(C)C)OCCO1. The van der Waals surface area contributed by atoms with E-state index in [1.807, 2.05) is 20.8 Å². The predicted octanol–water partition coefficient (Wildman–Crippen LogP) is 3.20. The molecule has 0 aromatic heterocycles. The highest BCUT2D eigenvalue weighted by molar-refractivity contribution is 7.87. The monoisotopic (exact) mass is 376 g/mol. The van der Waals surface area contributed by atoms with Crippen molar-refractivity contribution >= 4 is 16.6 Å². The van der Waals surface area contributed by atoms with E-state index in [9.17, 15) is 14.1 Å². The summed E-state index contributed by atoms with van der Waals surface area (Å²) >= 11 is 0. The van der Waals surface area contributed by atoms with Gasteiger partial charge in [-0.25, -0.2) is 0 Å². The molecule has 0 unspecified atom stereocenters. The highest BCUT2D eigenvalue weighted by Crippen LogP contribution is 2.34. The second kappa shape index (κ2) is 10.1. The van der Waals surface area contributed by atoms with Gasteiger partial charge in [-0.3, -0.25) is 9.00 Å². The largest absolute Gasteiger partial charge is 0.387 e. The molecule has 0 aromatic carbocycles. The first kappa shape index (κ1) is 22.7. The minimum Gasteiger partial charge on any atom is -0.387 e. The molecule has 0 radical (unpaired) electrons. The summed E-state index contributed by atoms with van der Waals surface area (Å²) in [6.45, 7) is 10.2. The summed E-state index contributed by atoms with van der Waals surface area (Å²) in [5.74, 6) is -2.01. The van der Waals surface area contributed by atoms with Crippen LogP contribution in [0.3, 0.4) is 0 Å². The molecule has 0 saturated carbocycles. The Kier molecular flexibility index (Phi) is 9.23. The Morgan fingerprint density at radius 3 is 2.24 bits per heavy atom. The lowest BCUT2D eigenvalue weighted by molar-refractivity contribution is -0.235. The van der Waals surface area contributed by atoms with Crippen molar-refractivity contribution in [3.63, 3.8) is 0 Å². The van der Waals surface area contributed by atoms with Gasteiger partial charge < -0.3 is 14.6 Å². The minimum absolute atomic E-state index is 0.0473. The van der Waals surface area contributed by atoms with Crippen LogP contribution in [0.15, 0.2) is 0 Å². The van der Waals surface area contributed by atoms with Gasteiger partial charge in [-0.05, 0) is 27.2 Å². The van der Waals surface area contributed by atoms with Crippen LogP contribution < -0.4 is 0 Å². The number of rotatable bonds is 11. The van der Waals surface area contributed by atoms with E-state index >= 15 is 0 Å². The molecular formula is C19H36O5S. The second-order valence-electron chi connectivity index (χ2n) is 7.98. The zero-order chi connectivity index (χ0) is 19.1. The molecule has 3 atom stereocenters. The summed E-state index contributed by atoms with van der Waals surface area (Å²) in [6, 6.07) is 0. The number of hydrogen-bond donors (Lipinski definition) is 1. The molecule has 0 aliphatic carbocycles. The number of aliphatic hydroxyl groups is 1. The number of hydrogen-bond acceptors (Lipinski definition) is 5. The van der Waals surface area contributed by atoms with Gasteiger partial charge in [0.2, 0.25) is 0 Å². The number of carbonyl (C=O) groups excluding carboxylic acids is 1. The van der Waals surface area contributed by atoms with E-state index in [1.54, 1.807) is 6.92 Å². The van der Waals surface area contributed by atoms with Crippen LogP contribution in [-0.2, 0) is 25.1 Å². The fourth-order valence-electron chi connectivity index (χ4n) is 2.94. The standard InChI is InChI=1S/C19H36O5S/c1-6-7-8-9-10-11-19(23-12-13-24-19)17(21)15(2)16(20)14-25(22)18(3,4)5/h15,17,21H,6-14H2,1-5H3/t15-,17+,25+/m0/s1. The smallest absolute Gasteiger partial charge is 0.195 e. The van der Waals surface area contributed by atoms with Crippen molar-refractivity contribution in [3.05, 3.63) is 0 Å². The quantitative estimate of drug-likeness (QED) is 0.561. The molecular weight excluding hydrogens is 340 g/mol. The van der Waals surface area contributed by atoms with Gasteiger partial charge in [-0.2, -0.15) is 0 Å². The number of aliphatic hydroxyl groups excluding tert-OH is 1. The van der Waals surface area contributed by atoms with Gasteiger partial charge >= 0.3 is 0 Å². The molecule has 1 rings (SSSR count). The minimum atomic E-state index is -1.27. The van der Waals surface area contributed by atoms with E-state index in [0.29, 0.717) is 19.6 Å². The summed E-state index contributed by atoms with van der Waals surface area (Å²) in [5, 5.41) is 10.8. The molecule has 1 heterocycles. The first-order valence-electron chi connectivity index (χ1n) is 9.51. The average molecular weight is 377 g/mol. The Bertz CT molecular complexity index is 438. The van der Waals surface area contributed by atoms with Crippen LogP contribution in [0.1, 0.15) is 73.1 Å². The predicted molar refractivity (Wildman–Crippen MR) is 101 cm³/mol. The van der Waals surface area contributed by atoms with Gasteiger partial charge in [0.1, 0.15) is 6.10 Å². The van der Waals surface area contributed by atoms with E-state index in [-0.39, 0.29) is 11.5 Å². The van der Waals surface area contributed by atoms with Crippen molar-refractivity contribution in [3.8, 4) is 0 Å². The highest BCUT2D eigenvalue weighted by atomic mass is 32.2. The third-order valence-corrected chi connectivity index (χ3v) is 6.71. The highest BCUT2D eigenvalue weighted by Gasteiger charge is 2.47. The van der Waals surface area contributed by atoms with Crippen molar-refractivity contribution in [2.24, 2.45) is 5.92 Å². The molecule has 148 valence electrons. The number of carbonyl (C=O) groups is 1. The Morgan fingerprint density at radius 2 is 1.72 bits per heavy atom. The van der Waals surface area contributed by atoms with E-state index in [2.05, 4.69) is 6.92 Å². The zero-order valence-corrected chi connectivity index (χ0v) is 17.3. The Labute approximate surface area is 155 Å². The average Bonchev–Trinajstić information content (AvgIpc) is 3.02. The van der Waals surface area contributed by atoms with Crippen molar-refractivity contribution in [1.29, 1.82) is 0 Å². The van der Waals surface area contributed by atoms with Gasteiger partial charge in [-0.15, -0.1) is 0 Å². The van der Waals surface area contributed by atoms with Crippen molar-refractivity contribution in [2.75, 3.05) is 19.0 Å². The maximum Gasteiger partial charge on any atom is 0.195 e. The second-order valence-corrected chi connectivity index (χ2v) is 10.2. The summed E-state index contributed by atoms with van der Waals surface area (Å²) in [6.07, 6.45) is 5.03. The van der Waals surface area contributed by atoms with Crippen LogP contribution in [0.4, 0.5) is 0 Å². The number of ether oxygens (including phenoxy) is 2. The van der Waals surface area contributed by atoms with Gasteiger partial charge in [0.05, 0.1) is 19.0 Å². The third-order valence-electron chi connectivity index (χ3n) is 4.79. The van der Waals surface area contributed by atoms with Crippen molar-refractivity contribution in [1.82, 2.24) is 0 Å². The molecule has 0 amide bonds. The van der Waals surface area contributed by atoms with Gasteiger partial charge in [0.25, 0.3) is 0 Å². The summed E-state index contributed by atoms with van der Waals surface area (Å²) < 4.78 is 23.3. The van der Waals surface area contributed by atoms with Crippen molar-refractivity contribution in [2.45, 2.75) is 89.8 Å². The van der Waals surface area contributed by atoms with Crippen molar-refractivity contribution < 1.29 is 23.6 Å². The summed E-state index contributed by atoms with van der Waals surface area (Å²) in [4.78, 5) is 12.5. The molecule has 6 heteroatoms. The molecule has 5 nitrogen and oxygen atoms in total. The lowest BCUT2D eigenvalue weighted by Gasteiger charge is -2.35. The lowest BCUT2D eigenvalue weighted by atomic mass is 9.90. The van der Waals surface area contributed by atoms with Crippen LogP contribution in [-0.4, -0.2) is 50.7 Å². The van der Waals surface area contributed by atoms with Gasteiger partial charge in [0.15, 0.2) is 11.6 Å². The number of Topliss-reactive ketones (excluding diaryl/α,β-unsaturated/α-hetero) is 1. The molecule has 1 aliphatic rings. The van der Waals surface area contributed by atoms with E-state index in [1.165, 1.54) is 12.8 Å². The molecule has 0 aromatic rings. The maximum atomic E-state index is 12.5. The van der Waals surface area contributed by atoms with Crippen LogP contribution >= 0.6 is 0 Å². The number of ketones is 1. The van der Waals surface area contributed by atoms with E-state index in [0.717, 1.165) is 19.3 Å². The molecule has 0 bridgehead atoms. The summed E-state index contributed by atoms with van der Waals surface area (Å²) in [7, 11) is -1.27. The first-order chi connectivity index (χ1) is 11.6. The molecule has 1 saturated heterocycles. The fourth-order valence-corrected chi connectivity index (χ4v) is 3.90. The molecule has 1 fully saturated rings. The van der Waals surface area contributed by atoms with Crippen LogP contribution in [0.25, 0.3) is 0 Å². The third kappa shape index (κ3) is 6.74. The van der Waals surface area contributed by atoms with E-state index < -0.39 is 33.4 Å². The van der Waals surface area contributed by atoms with Crippen LogP contribution in [0.5, 0.6) is 0 Å². The Hall–Kier alpha value is -0.300. The maximum absolute atomic E-state index is 12.5. The molecule has 1 N–H and O–H groups in total. The molecule has 1 aliphatic heterocycles. The van der Waals surface area contributed by atoms with Crippen LogP contribution in [0, 0.1) is 5.92 Å². The van der Waals surface area contributed by atoms with E-state index in [4.69, 9.17) is 9.47 Å². The first-order valence-corrected chi connectivity index (χ1v) is 10.8. The fraction of sp³-hybridized carbons (Fsp3) is 0.947. The van der Waals surface area contributed by atoms with Gasteiger partial charge in [-0.1, -0.05) is 39.5 Å². The normalized spacial score (nSPS) is 21.0. The lowest BCUT2D eigenvalue weighted by Crippen LogP contribution is -2.50.